The first-order chi connectivity index (χ1) is 7.20. The molecule has 2 rings (SSSR count). The van der Waals surface area contributed by atoms with Gasteiger partial charge < -0.3 is 10.2 Å². The molecule has 0 aliphatic carbocycles. The zero-order chi connectivity index (χ0) is 10.8. The molecule has 5 nitrogen and oxygen atoms in total. The number of nitrogens with one attached hydrogen (secondary N) is 2. The molecule has 0 saturated carbocycles. The summed E-state index contributed by atoms with van der Waals surface area (Å²) in [5.74, 6) is 0.0251. The molecule has 2 N–H and O–H groups in total. The van der Waals surface area contributed by atoms with Crippen molar-refractivity contribution in [1.82, 2.24) is 20.4 Å². The van der Waals surface area contributed by atoms with E-state index in [1.807, 2.05) is 18.9 Å². The number of hydrogen-bond donors (Lipinski definition) is 2. The third-order valence-electron chi connectivity index (χ3n) is 2.81. The van der Waals surface area contributed by atoms with Crippen LogP contribution in [0.1, 0.15) is 22.6 Å². The van der Waals surface area contributed by atoms with Gasteiger partial charge in [-0.15, -0.1) is 12.4 Å². The largest absolute Gasteiger partial charge is 0.336 e. The highest BCUT2D eigenvalue weighted by Crippen LogP contribution is 2.12. The van der Waals surface area contributed by atoms with Crippen molar-refractivity contribution in [2.45, 2.75) is 19.4 Å². The van der Waals surface area contributed by atoms with E-state index in [1.54, 1.807) is 6.07 Å². The molecule has 16 heavy (non-hydrogen) atoms. The molecule has 1 aromatic heterocycles. The number of aromatic nitrogens is 2. The molecule has 1 amide bonds. The van der Waals surface area contributed by atoms with Crippen LogP contribution in [0.15, 0.2) is 6.07 Å². The summed E-state index contributed by atoms with van der Waals surface area (Å²) >= 11 is 0. The lowest BCUT2D eigenvalue weighted by molar-refractivity contribution is 0.0784. The van der Waals surface area contributed by atoms with Crippen molar-refractivity contribution in [3.8, 4) is 0 Å². The molecular weight excluding hydrogens is 228 g/mol. The van der Waals surface area contributed by atoms with Crippen LogP contribution in [0.3, 0.4) is 0 Å². The van der Waals surface area contributed by atoms with E-state index in [1.165, 1.54) is 0 Å². The number of aromatic amines is 1. The lowest BCUT2D eigenvalue weighted by Crippen LogP contribution is -2.33. The Kier molecular flexibility index (Phi) is 4.32. The van der Waals surface area contributed by atoms with Crippen LogP contribution in [-0.2, 0) is 0 Å². The van der Waals surface area contributed by atoms with E-state index in [-0.39, 0.29) is 18.3 Å². The van der Waals surface area contributed by atoms with Gasteiger partial charge in [0, 0.05) is 24.8 Å². The smallest absolute Gasteiger partial charge is 0.274 e. The number of H-pyrrole nitrogens is 1. The van der Waals surface area contributed by atoms with Gasteiger partial charge in [-0.3, -0.25) is 9.89 Å². The second-order valence-electron chi connectivity index (χ2n) is 3.96. The summed E-state index contributed by atoms with van der Waals surface area (Å²) in [6, 6.07) is 2.21. The highest BCUT2D eigenvalue weighted by atomic mass is 35.5. The molecule has 1 aromatic rings. The minimum absolute atomic E-state index is 0. The maximum Gasteiger partial charge on any atom is 0.274 e. The topological polar surface area (TPSA) is 61.0 Å². The SMILES string of the molecule is CNC1CCN(C(=O)c2cc(C)[nH]n2)C1.Cl. The lowest BCUT2D eigenvalue weighted by Gasteiger charge is -2.14. The first-order valence-corrected chi connectivity index (χ1v) is 5.19. The zero-order valence-electron chi connectivity index (χ0n) is 9.49. The Bertz CT molecular complexity index is 365. The monoisotopic (exact) mass is 244 g/mol. The fourth-order valence-corrected chi connectivity index (χ4v) is 1.87. The van der Waals surface area contributed by atoms with E-state index in [0.717, 1.165) is 25.2 Å². The van der Waals surface area contributed by atoms with Gasteiger partial charge >= 0.3 is 0 Å². The first-order valence-electron chi connectivity index (χ1n) is 5.19. The van der Waals surface area contributed by atoms with Gasteiger partial charge in [0.1, 0.15) is 5.69 Å². The summed E-state index contributed by atoms with van der Waals surface area (Å²) in [5, 5.41) is 9.94. The molecular formula is C10H17ClN4O. The second kappa shape index (κ2) is 5.32. The summed E-state index contributed by atoms with van der Waals surface area (Å²) in [5.41, 5.74) is 1.44. The molecule has 0 spiro atoms. The minimum Gasteiger partial charge on any atom is -0.336 e. The number of aryl methyl sites for hydroxylation is 1. The third-order valence-corrected chi connectivity index (χ3v) is 2.81. The number of carbonyl (C=O) groups is 1. The van der Waals surface area contributed by atoms with Gasteiger partial charge in [0.05, 0.1) is 0 Å². The standard InChI is InChI=1S/C10H16N4O.ClH/c1-7-5-9(13-12-7)10(15)14-4-3-8(6-14)11-2;/h5,8,11H,3-4,6H2,1-2H3,(H,12,13);1H. The Labute approximate surface area is 101 Å². The molecule has 1 saturated heterocycles. The van der Waals surface area contributed by atoms with E-state index < -0.39 is 0 Å². The molecule has 1 unspecified atom stereocenters. The normalized spacial score (nSPS) is 19.6. The predicted octanol–water partition coefficient (Wildman–Crippen LogP) is 0.574. The Morgan fingerprint density at radius 1 is 1.69 bits per heavy atom. The van der Waals surface area contributed by atoms with Crippen LogP contribution in [0.5, 0.6) is 0 Å². The van der Waals surface area contributed by atoms with Crippen molar-refractivity contribution in [3.63, 3.8) is 0 Å². The van der Waals surface area contributed by atoms with Crippen LogP contribution >= 0.6 is 12.4 Å². The minimum atomic E-state index is 0. The molecule has 1 aliphatic heterocycles. The van der Waals surface area contributed by atoms with Gasteiger partial charge in [-0.2, -0.15) is 5.10 Å². The summed E-state index contributed by atoms with van der Waals surface area (Å²) in [7, 11) is 1.93. The maximum atomic E-state index is 11.9. The molecule has 1 atom stereocenters. The number of hydrogen-bond acceptors (Lipinski definition) is 3. The first kappa shape index (κ1) is 13.0. The number of halogens is 1. The quantitative estimate of drug-likeness (QED) is 0.800. The summed E-state index contributed by atoms with van der Waals surface area (Å²) < 4.78 is 0. The van der Waals surface area contributed by atoms with Crippen LogP contribution in [-0.4, -0.2) is 47.2 Å². The van der Waals surface area contributed by atoms with Gasteiger partial charge in [-0.25, -0.2) is 0 Å². The number of likely N-dealkylation sites (tertiary alicyclic amines) is 1. The molecule has 0 aromatic carbocycles. The Hall–Kier alpha value is -1.07. The predicted molar refractivity (Wildman–Crippen MR) is 63.9 cm³/mol. The summed E-state index contributed by atoms with van der Waals surface area (Å²) in [6.45, 7) is 3.49. The number of likely N-dealkylation sites (N-methyl/N-ethyl adjacent to an activating group) is 1. The number of amides is 1. The molecule has 1 aliphatic rings. The Morgan fingerprint density at radius 3 is 2.94 bits per heavy atom. The Morgan fingerprint density at radius 2 is 2.44 bits per heavy atom. The zero-order valence-corrected chi connectivity index (χ0v) is 10.3. The molecule has 6 heteroatoms. The van der Waals surface area contributed by atoms with Crippen molar-refractivity contribution in [1.29, 1.82) is 0 Å². The highest BCUT2D eigenvalue weighted by Gasteiger charge is 2.26. The fraction of sp³-hybridized carbons (Fsp3) is 0.600. The van der Waals surface area contributed by atoms with Crippen molar-refractivity contribution in [2.24, 2.45) is 0 Å². The highest BCUT2D eigenvalue weighted by molar-refractivity contribution is 5.92. The molecule has 90 valence electrons. The molecule has 1 fully saturated rings. The molecule has 2 heterocycles. The van der Waals surface area contributed by atoms with Gasteiger partial charge in [-0.05, 0) is 26.5 Å². The van der Waals surface area contributed by atoms with Gasteiger partial charge in [-0.1, -0.05) is 0 Å². The van der Waals surface area contributed by atoms with Gasteiger partial charge in [0.2, 0.25) is 0 Å². The average Bonchev–Trinajstić information content (AvgIpc) is 2.84. The van der Waals surface area contributed by atoms with Crippen molar-refractivity contribution in [2.75, 3.05) is 20.1 Å². The van der Waals surface area contributed by atoms with Crippen LogP contribution in [0.4, 0.5) is 0 Å². The van der Waals surface area contributed by atoms with Crippen molar-refractivity contribution in [3.05, 3.63) is 17.5 Å². The van der Waals surface area contributed by atoms with Crippen molar-refractivity contribution >= 4 is 18.3 Å². The Balaban J connectivity index is 0.00000128. The van der Waals surface area contributed by atoms with Crippen LogP contribution in [0.2, 0.25) is 0 Å². The fourth-order valence-electron chi connectivity index (χ4n) is 1.87. The van der Waals surface area contributed by atoms with E-state index in [9.17, 15) is 4.79 Å². The van der Waals surface area contributed by atoms with Crippen LogP contribution < -0.4 is 5.32 Å². The molecule has 0 bridgehead atoms. The summed E-state index contributed by atoms with van der Waals surface area (Å²) in [4.78, 5) is 13.8. The van der Waals surface area contributed by atoms with Crippen LogP contribution in [0.25, 0.3) is 0 Å². The van der Waals surface area contributed by atoms with Gasteiger partial charge in [0.25, 0.3) is 5.91 Å². The van der Waals surface area contributed by atoms with E-state index >= 15 is 0 Å². The van der Waals surface area contributed by atoms with E-state index in [0.29, 0.717) is 11.7 Å². The number of nitrogens with zero attached hydrogens (tertiary/aromatic N) is 2. The summed E-state index contributed by atoms with van der Waals surface area (Å²) in [6.07, 6.45) is 1.02. The maximum absolute atomic E-state index is 11.9. The average molecular weight is 245 g/mol. The second-order valence-corrected chi connectivity index (χ2v) is 3.96. The van der Waals surface area contributed by atoms with Gasteiger partial charge in [0.15, 0.2) is 0 Å². The van der Waals surface area contributed by atoms with E-state index in [2.05, 4.69) is 15.5 Å². The van der Waals surface area contributed by atoms with Crippen LogP contribution in [0, 0.1) is 6.92 Å². The third kappa shape index (κ3) is 2.54. The van der Waals surface area contributed by atoms with Crippen molar-refractivity contribution < 1.29 is 4.79 Å². The van der Waals surface area contributed by atoms with E-state index in [4.69, 9.17) is 0 Å². The number of carbonyl (C=O) groups excluding carboxylic acids is 1. The molecule has 0 radical (unpaired) electrons. The number of rotatable bonds is 2. The lowest BCUT2D eigenvalue weighted by atomic mass is 10.3.